The van der Waals surface area contributed by atoms with Crippen molar-refractivity contribution in [3.63, 3.8) is 0 Å². The first-order chi connectivity index (χ1) is 15.4. The van der Waals surface area contributed by atoms with E-state index in [1.807, 2.05) is 0 Å². The van der Waals surface area contributed by atoms with E-state index < -0.39 is 0 Å². The molecule has 1 saturated carbocycles. The topological polar surface area (TPSA) is 0 Å². The van der Waals surface area contributed by atoms with Crippen LogP contribution in [0.15, 0.2) is 0 Å². The lowest BCUT2D eigenvalue weighted by molar-refractivity contribution is -0.124. The van der Waals surface area contributed by atoms with Crippen LogP contribution in [0, 0.1) is 61.6 Å². The van der Waals surface area contributed by atoms with Gasteiger partial charge in [0.2, 0.25) is 0 Å². The number of hydrogen-bond acceptors (Lipinski definition) is 1. The predicted octanol–water partition coefficient (Wildman–Crippen LogP) is 12.0. The Kier molecular flexibility index (Phi) is 9.62. The standard InChI is InChI=1S/C35H70S/c1-24(2)28(5,6)20-30(9,10)26-31(11,12)22-33(15,16)27(35(19,36)23-34(26,17)18)32(13,14)21-29(7,8)25(3)4/h24-27,36H,20-23H2,1-19H3. The van der Waals surface area contributed by atoms with E-state index in [4.69, 9.17) is 12.6 Å². The summed E-state index contributed by atoms with van der Waals surface area (Å²) in [5.41, 5.74) is 1.68. The van der Waals surface area contributed by atoms with Crippen LogP contribution < -0.4 is 0 Å². The SMILES string of the molecule is CC(C)C(C)(C)CC(C)(C)C1C(C)(C)CC(C)(C)C(C(C)(C)CC(C)(C)C(C)C)C(C)(S)CC1(C)C. The van der Waals surface area contributed by atoms with E-state index in [0.29, 0.717) is 34.5 Å². The van der Waals surface area contributed by atoms with E-state index in [1.54, 1.807) is 0 Å². The Balaban J connectivity index is 3.71. The van der Waals surface area contributed by atoms with E-state index in [9.17, 15) is 0 Å². The molecule has 0 N–H and O–H groups in total. The molecule has 3 unspecified atom stereocenters. The highest BCUT2D eigenvalue weighted by Crippen LogP contribution is 2.67. The minimum atomic E-state index is -0.0397. The average molecular weight is 523 g/mol. The van der Waals surface area contributed by atoms with Crippen LogP contribution in [-0.2, 0) is 0 Å². The Hall–Kier alpha value is 0.350. The molecule has 0 saturated heterocycles. The van der Waals surface area contributed by atoms with E-state index in [2.05, 4.69) is 132 Å². The summed E-state index contributed by atoms with van der Waals surface area (Å²) in [6, 6.07) is 0. The molecular formula is C35H70S. The van der Waals surface area contributed by atoms with Gasteiger partial charge in [0.1, 0.15) is 0 Å². The zero-order valence-corrected chi connectivity index (χ0v) is 29.5. The summed E-state index contributed by atoms with van der Waals surface area (Å²) in [5.74, 6) is 2.48. The molecule has 0 radical (unpaired) electrons. The van der Waals surface area contributed by atoms with Gasteiger partial charge in [-0.2, -0.15) is 12.6 Å². The van der Waals surface area contributed by atoms with Gasteiger partial charge in [0.25, 0.3) is 0 Å². The van der Waals surface area contributed by atoms with Crippen molar-refractivity contribution < 1.29 is 0 Å². The van der Waals surface area contributed by atoms with Crippen molar-refractivity contribution in [2.45, 2.75) is 162 Å². The minimum Gasteiger partial charge on any atom is -0.172 e. The van der Waals surface area contributed by atoms with Gasteiger partial charge in [0.15, 0.2) is 0 Å². The van der Waals surface area contributed by atoms with Crippen molar-refractivity contribution in [3.8, 4) is 0 Å². The Morgan fingerprint density at radius 2 is 0.833 bits per heavy atom. The van der Waals surface area contributed by atoms with Crippen LogP contribution in [0.3, 0.4) is 0 Å². The van der Waals surface area contributed by atoms with Gasteiger partial charge in [-0.05, 0) is 87.3 Å². The van der Waals surface area contributed by atoms with Crippen molar-refractivity contribution in [1.29, 1.82) is 0 Å². The van der Waals surface area contributed by atoms with Crippen LogP contribution >= 0.6 is 12.6 Å². The fourth-order valence-corrected chi connectivity index (χ4v) is 12.5. The largest absolute Gasteiger partial charge is 0.172 e. The van der Waals surface area contributed by atoms with E-state index in [0.717, 1.165) is 6.42 Å². The zero-order chi connectivity index (χ0) is 29.1. The second kappa shape index (κ2) is 10.1. The van der Waals surface area contributed by atoms with Crippen molar-refractivity contribution >= 4 is 12.6 Å². The first-order valence-corrected chi connectivity index (χ1v) is 15.6. The summed E-state index contributed by atoms with van der Waals surface area (Å²) in [6.45, 7) is 47.9. The minimum absolute atomic E-state index is 0.0397. The van der Waals surface area contributed by atoms with Crippen LogP contribution in [0.1, 0.15) is 157 Å². The third kappa shape index (κ3) is 7.30. The van der Waals surface area contributed by atoms with Gasteiger partial charge in [-0.25, -0.2) is 0 Å². The first kappa shape index (κ1) is 34.4. The Morgan fingerprint density at radius 1 is 0.556 bits per heavy atom. The third-order valence-corrected chi connectivity index (χ3v) is 11.6. The quantitative estimate of drug-likeness (QED) is 0.301. The Bertz CT molecular complexity index is 647. The van der Waals surface area contributed by atoms with E-state index in [-0.39, 0.29) is 31.8 Å². The summed E-state index contributed by atoms with van der Waals surface area (Å²) < 4.78 is -0.0397. The number of rotatable bonds is 8. The molecule has 3 atom stereocenters. The van der Waals surface area contributed by atoms with Crippen LogP contribution in [0.2, 0.25) is 0 Å². The van der Waals surface area contributed by atoms with Crippen LogP contribution in [0.5, 0.6) is 0 Å². The molecule has 1 rings (SSSR count). The highest BCUT2D eigenvalue weighted by atomic mass is 32.1. The fourth-order valence-electron chi connectivity index (χ4n) is 11.4. The molecule has 0 amide bonds. The van der Waals surface area contributed by atoms with Gasteiger partial charge in [0.05, 0.1) is 0 Å². The number of hydrogen-bond donors (Lipinski definition) is 1. The Labute approximate surface area is 235 Å². The van der Waals surface area contributed by atoms with E-state index in [1.165, 1.54) is 19.3 Å². The van der Waals surface area contributed by atoms with Crippen molar-refractivity contribution in [2.75, 3.05) is 0 Å². The maximum Gasteiger partial charge on any atom is 0.0145 e. The maximum atomic E-state index is 5.66. The molecule has 0 bridgehead atoms. The molecule has 0 heterocycles. The molecule has 0 aromatic rings. The Morgan fingerprint density at radius 3 is 1.17 bits per heavy atom. The average Bonchev–Trinajstić information content (AvgIpc) is 2.45. The molecule has 216 valence electrons. The third-order valence-electron chi connectivity index (χ3n) is 11.2. The molecular weight excluding hydrogens is 452 g/mol. The molecule has 1 fully saturated rings. The normalized spacial score (nSPS) is 29.8. The number of thiol groups is 1. The first-order valence-electron chi connectivity index (χ1n) is 15.2. The highest BCUT2D eigenvalue weighted by Gasteiger charge is 2.60. The van der Waals surface area contributed by atoms with Gasteiger partial charge in [0, 0.05) is 4.75 Å². The van der Waals surface area contributed by atoms with Crippen molar-refractivity contribution in [2.24, 2.45) is 61.6 Å². The molecule has 0 spiro atoms. The molecule has 36 heavy (non-hydrogen) atoms. The van der Waals surface area contributed by atoms with Crippen molar-refractivity contribution in [3.05, 3.63) is 0 Å². The van der Waals surface area contributed by atoms with Gasteiger partial charge in [-0.15, -0.1) is 0 Å². The molecule has 0 nitrogen and oxygen atoms in total. The molecule has 0 aromatic heterocycles. The smallest absolute Gasteiger partial charge is 0.0145 e. The fraction of sp³-hybridized carbons (Fsp3) is 1.00. The lowest BCUT2D eigenvalue weighted by Crippen LogP contribution is -2.59. The molecule has 0 aromatic carbocycles. The molecule has 0 aliphatic heterocycles. The zero-order valence-electron chi connectivity index (χ0n) is 28.6. The summed E-state index contributed by atoms with van der Waals surface area (Å²) in [5, 5.41) is 0. The summed E-state index contributed by atoms with van der Waals surface area (Å²) >= 11 is 5.66. The lowest BCUT2D eigenvalue weighted by Gasteiger charge is -2.64. The van der Waals surface area contributed by atoms with Crippen LogP contribution in [0.25, 0.3) is 0 Å². The van der Waals surface area contributed by atoms with Gasteiger partial charge in [-0.3, -0.25) is 0 Å². The molecule has 1 aliphatic carbocycles. The summed E-state index contributed by atoms with van der Waals surface area (Å²) in [7, 11) is 0. The summed E-state index contributed by atoms with van der Waals surface area (Å²) in [6.07, 6.45) is 4.89. The van der Waals surface area contributed by atoms with E-state index >= 15 is 0 Å². The summed E-state index contributed by atoms with van der Waals surface area (Å²) in [4.78, 5) is 0. The molecule has 1 heteroatoms. The molecule has 1 aliphatic rings. The van der Waals surface area contributed by atoms with Gasteiger partial charge < -0.3 is 0 Å². The van der Waals surface area contributed by atoms with Gasteiger partial charge >= 0.3 is 0 Å². The van der Waals surface area contributed by atoms with Crippen LogP contribution in [0.4, 0.5) is 0 Å². The lowest BCUT2D eigenvalue weighted by atomic mass is 9.42. The second-order valence-electron chi connectivity index (χ2n) is 19.2. The highest BCUT2D eigenvalue weighted by molar-refractivity contribution is 7.81. The van der Waals surface area contributed by atoms with Crippen molar-refractivity contribution in [1.82, 2.24) is 0 Å². The predicted molar refractivity (Wildman–Crippen MR) is 169 cm³/mol. The van der Waals surface area contributed by atoms with Gasteiger partial charge in [-0.1, -0.05) is 132 Å². The second-order valence-corrected chi connectivity index (χ2v) is 20.2. The van der Waals surface area contributed by atoms with Crippen LogP contribution in [-0.4, -0.2) is 4.75 Å². The maximum absolute atomic E-state index is 5.66. The monoisotopic (exact) mass is 523 g/mol.